The molecular weight excluding hydrogens is 317 g/mol. The second-order valence-corrected chi connectivity index (χ2v) is 5.31. The molecule has 0 spiro atoms. The van der Waals surface area contributed by atoms with Gasteiger partial charge in [0.25, 0.3) is 0 Å². The van der Waals surface area contributed by atoms with Crippen molar-refractivity contribution in [1.82, 2.24) is 0 Å². The fraction of sp³-hybridized carbons (Fsp3) is 0.385. The number of rotatable bonds is 2. The van der Waals surface area contributed by atoms with Gasteiger partial charge in [-0.05, 0) is 41.9 Å². The van der Waals surface area contributed by atoms with Gasteiger partial charge in [-0.15, -0.1) is 0 Å². The molecular formula is C13H13BrFNO3. The minimum atomic E-state index is -0.452. The monoisotopic (exact) mass is 329 g/mol. The van der Waals surface area contributed by atoms with E-state index in [-0.39, 0.29) is 35.2 Å². The standard InChI is InChI=1S/C13H13BrFNO3/c1-7-6-19-13-10(4-3-9(15)12(13)14)16(7)11(18)5-8(2)17/h3-4,7H,5-6H2,1-2H3. The molecule has 0 saturated carbocycles. The lowest BCUT2D eigenvalue weighted by atomic mass is 10.1. The van der Waals surface area contributed by atoms with Crippen LogP contribution in [0.4, 0.5) is 10.1 Å². The van der Waals surface area contributed by atoms with E-state index in [1.807, 2.05) is 6.92 Å². The first-order valence-corrected chi connectivity index (χ1v) is 6.63. The zero-order valence-corrected chi connectivity index (χ0v) is 12.2. The van der Waals surface area contributed by atoms with Crippen molar-refractivity contribution >= 4 is 33.3 Å². The molecule has 1 aliphatic rings. The Morgan fingerprint density at radius 1 is 1.53 bits per heavy atom. The highest BCUT2D eigenvalue weighted by Gasteiger charge is 2.31. The van der Waals surface area contributed by atoms with Gasteiger partial charge < -0.3 is 9.64 Å². The maximum absolute atomic E-state index is 13.5. The van der Waals surface area contributed by atoms with Gasteiger partial charge >= 0.3 is 0 Å². The number of carbonyl (C=O) groups excluding carboxylic acids is 2. The van der Waals surface area contributed by atoms with Crippen molar-refractivity contribution in [1.29, 1.82) is 0 Å². The molecule has 0 bridgehead atoms. The molecule has 0 N–H and O–H groups in total. The lowest BCUT2D eigenvalue weighted by molar-refractivity contribution is -0.126. The topological polar surface area (TPSA) is 46.6 Å². The summed E-state index contributed by atoms with van der Waals surface area (Å²) in [6.45, 7) is 3.45. The summed E-state index contributed by atoms with van der Waals surface area (Å²) in [6.07, 6.45) is -0.168. The van der Waals surface area contributed by atoms with Gasteiger partial charge in [0.2, 0.25) is 5.91 Å². The fourth-order valence-corrected chi connectivity index (χ4v) is 2.49. The predicted octanol–water partition coefficient (Wildman–Crippen LogP) is 2.68. The number of anilines is 1. The average molecular weight is 330 g/mol. The van der Waals surface area contributed by atoms with E-state index in [2.05, 4.69) is 15.9 Å². The summed E-state index contributed by atoms with van der Waals surface area (Å²) in [7, 11) is 0. The highest BCUT2D eigenvalue weighted by molar-refractivity contribution is 9.10. The number of benzene rings is 1. The third kappa shape index (κ3) is 2.63. The summed E-state index contributed by atoms with van der Waals surface area (Å²) in [6, 6.07) is 2.55. The second kappa shape index (κ2) is 5.28. The van der Waals surface area contributed by atoms with Crippen LogP contribution in [0.5, 0.6) is 5.75 Å². The van der Waals surface area contributed by atoms with Crippen LogP contribution in [-0.4, -0.2) is 24.3 Å². The number of fused-ring (bicyclic) bond motifs is 1. The molecule has 0 aromatic heterocycles. The third-order valence-corrected chi connectivity index (χ3v) is 3.61. The third-order valence-electron chi connectivity index (χ3n) is 2.87. The molecule has 1 atom stereocenters. The molecule has 2 rings (SSSR count). The first-order chi connectivity index (χ1) is 8.91. The van der Waals surface area contributed by atoms with E-state index in [9.17, 15) is 14.0 Å². The van der Waals surface area contributed by atoms with E-state index >= 15 is 0 Å². The highest BCUT2D eigenvalue weighted by Crippen LogP contribution is 2.41. The van der Waals surface area contributed by atoms with Crippen molar-refractivity contribution in [3.05, 3.63) is 22.4 Å². The summed E-state index contributed by atoms with van der Waals surface area (Å²) >= 11 is 3.11. The summed E-state index contributed by atoms with van der Waals surface area (Å²) in [5.41, 5.74) is 0.485. The molecule has 1 unspecified atom stereocenters. The van der Waals surface area contributed by atoms with E-state index in [1.54, 1.807) is 0 Å². The van der Waals surface area contributed by atoms with Gasteiger partial charge in [0.1, 0.15) is 18.2 Å². The average Bonchev–Trinajstić information content (AvgIpc) is 2.32. The Morgan fingerprint density at radius 2 is 2.21 bits per heavy atom. The molecule has 19 heavy (non-hydrogen) atoms. The summed E-state index contributed by atoms with van der Waals surface area (Å²) < 4.78 is 19.1. The van der Waals surface area contributed by atoms with E-state index in [0.29, 0.717) is 11.4 Å². The number of hydrogen-bond donors (Lipinski definition) is 0. The van der Waals surface area contributed by atoms with Crippen LogP contribution in [0.3, 0.4) is 0 Å². The highest BCUT2D eigenvalue weighted by atomic mass is 79.9. The number of ketones is 1. The van der Waals surface area contributed by atoms with E-state index in [4.69, 9.17) is 4.74 Å². The Balaban J connectivity index is 2.44. The van der Waals surface area contributed by atoms with Gasteiger partial charge in [-0.2, -0.15) is 0 Å². The van der Waals surface area contributed by atoms with Gasteiger partial charge in [0.15, 0.2) is 5.75 Å². The quantitative estimate of drug-likeness (QED) is 0.784. The second-order valence-electron chi connectivity index (χ2n) is 4.51. The molecule has 0 saturated heterocycles. The number of ether oxygens (including phenoxy) is 1. The van der Waals surface area contributed by atoms with Crippen LogP contribution in [-0.2, 0) is 9.59 Å². The molecule has 1 aliphatic heterocycles. The molecule has 1 amide bonds. The SMILES string of the molecule is CC(=O)CC(=O)N1c2ccc(F)c(Br)c2OCC1C. The minimum absolute atomic E-state index is 0.168. The Kier molecular flexibility index (Phi) is 3.89. The van der Waals surface area contributed by atoms with Gasteiger partial charge in [-0.3, -0.25) is 9.59 Å². The molecule has 0 radical (unpaired) electrons. The number of nitrogens with zero attached hydrogens (tertiary/aromatic N) is 1. The number of Topliss-reactive ketones (excluding diaryl/α,β-unsaturated/α-hetero) is 1. The number of halogens is 2. The molecule has 0 fully saturated rings. The zero-order valence-electron chi connectivity index (χ0n) is 10.6. The van der Waals surface area contributed by atoms with Gasteiger partial charge in [-0.1, -0.05) is 0 Å². The Bertz CT molecular complexity index is 547. The van der Waals surface area contributed by atoms with Crippen molar-refractivity contribution in [3.8, 4) is 5.75 Å². The van der Waals surface area contributed by atoms with E-state index in [1.165, 1.54) is 24.0 Å². The normalized spacial score (nSPS) is 17.7. The largest absolute Gasteiger partial charge is 0.488 e. The van der Waals surface area contributed by atoms with Crippen LogP contribution in [0.25, 0.3) is 0 Å². The van der Waals surface area contributed by atoms with Crippen molar-refractivity contribution < 1.29 is 18.7 Å². The number of carbonyl (C=O) groups is 2. The fourth-order valence-electron chi connectivity index (χ4n) is 2.04. The number of amides is 1. The van der Waals surface area contributed by atoms with Crippen LogP contribution >= 0.6 is 15.9 Å². The van der Waals surface area contributed by atoms with Crippen molar-refractivity contribution in [3.63, 3.8) is 0 Å². The van der Waals surface area contributed by atoms with Crippen LogP contribution in [0.1, 0.15) is 20.3 Å². The van der Waals surface area contributed by atoms with Crippen LogP contribution < -0.4 is 9.64 Å². The van der Waals surface area contributed by atoms with Crippen molar-refractivity contribution in [2.75, 3.05) is 11.5 Å². The molecule has 1 aromatic rings. The smallest absolute Gasteiger partial charge is 0.234 e. The number of hydrogen-bond acceptors (Lipinski definition) is 3. The Hall–Kier alpha value is -1.43. The Labute approximate surface area is 118 Å². The van der Waals surface area contributed by atoms with Crippen LogP contribution in [0.15, 0.2) is 16.6 Å². The maximum atomic E-state index is 13.5. The Morgan fingerprint density at radius 3 is 2.84 bits per heavy atom. The zero-order chi connectivity index (χ0) is 14.2. The molecule has 1 aromatic carbocycles. The van der Waals surface area contributed by atoms with Crippen molar-refractivity contribution in [2.45, 2.75) is 26.3 Å². The first kappa shape index (κ1) is 14.0. The van der Waals surface area contributed by atoms with E-state index in [0.717, 1.165) is 0 Å². The van der Waals surface area contributed by atoms with E-state index < -0.39 is 5.82 Å². The molecule has 6 heteroatoms. The summed E-state index contributed by atoms with van der Waals surface area (Å²) in [4.78, 5) is 24.7. The summed E-state index contributed by atoms with van der Waals surface area (Å²) in [5, 5.41) is 0. The van der Waals surface area contributed by atoms with Crippen LogP contribution in [0, 0.1) is 5.82 Å². The summed E-state index contributed by atoms with van der Waals surface area (Å²) in [5.74, 6) is -0.656. The van der Waals surface area contributed by atoms with Gasteiger partial charge in [0, 0.05) is 0 Å². The molecule has 102 valence electrons. The molecule has 1 heterocycles. The first-order valence-electron chi connectivity index (χ1n) is 5.84. The lowest BCUT2D eigenvalue weighted by Crippen LogP contribution is -2.45. The maximum Gasteiger partial charge on any atom is 0.234 e. The van der Waals surface area contributed by atoms with Gasteiger partial charge in [-0.25, -0.2) is 4.39 Å². The van der Waals surface area contributed by atoms with Crippen LogP contribution in [0.2, 0.25) is 0 Å². The predicted molar refractivity (Wildman–Crippen MR) is 71.8 cm³/mol. The molecule has 0 aliphatic carbocycles. The molecule has 4 nitrogen and oxygen atoms in total. The lowest BCUT2D eigenvalue weighted by Gasteiger charge is -2.35. The van der Waals surface area contributed by atoms with Crippen molar-refractivity contribution in [2.24, 2.45) is 0 Å². The minimum Gasteiger partial charge on any atom is -0.488 e. The van der Waals surface area contributed by atoms with Gasteiger partial charge in [0.05, 0.1) is 22.6 Å².